The summed E-state index contributed by atoms with van der Waals surface area (Å²) < 4.78 is 15.2. The van der Waals surface area contributed by atoms with Crippen molar-refractivity contribution in [1.29, 1.82) is 0 Å². The van der Waals surface area contributed by atoms with E-state index >= 15 is 0 Å². The molecule has 0 unspecified atom stereocenters. The van der Waals surface area contributed by atoms with E-state index in [1.54, 1.807) is 0 Å². The molecule has 0 aliphatic heterocycles. The number of rotatable bonds is 15. The summed E-state index contributed by atoms with van der Waals surface area (Å²) in [7, 11) is 0. The van der Waals surface area contributed by atoms with Crippen molar-refractivity contribution in [3.05, 3.63) is 71.9 Å². The zero-order valence-corrected chi connectivity index (χ0v) is 16.4. The molecule has 0 aromatic heterocycles. The monoisotopic (exact) mass is 420 g/mol. The number of carboxylic acid groups (broad SMARTS) is 3. The summed E-state index contributed by atoms with van der Waals surface area (Å²) in [5, 5.41) is 29.4. The lowest BCUT2D eigenvalue weighted by molar-refractivity contribution is 0.0645. The summed E-state index contributed by atoms with van der Waals surface area (Å²) in [6.45, 7) is 10.1. The van der Waals surface area contributed by atoms with Gasteiger partial charge in [0.1, 0.15) is 0 Å². The number of hydrogen-bond donors (Lipinski definition) is 3. The van der Waals surface area contributed by atoms with E-state index in [9.17, 15) is 29.7 Å². The second-order valence-electron chi connectivity index (χ2n) is 5.84. The molecule has 0 atom stereocenters. The fraction of sp³-hybridized carbons (Fsp3) is 0.286. The van der Waals surface area contributed by atoms with Gasteiger partial charge in [-0.3, -0.25) is 0 Å². The lowest BCUT2D eigenvalue weighted by Crippen LogP contribution is -2.24. The van der Waals surface area contributed by atoms with E-state index in [1.807, 2.05) is 0 Å². The zero-order chi connectivity index (χ0) is 22.7. The summed E-state index contributed by atoms with van der Waals surface area (Å²) in [6.07, 6.45) is 3.28. The largest absolute Gasteiger partial charge is 0.501 e. The molecule has 0 saturated heterocycles. The van der Waals surface area contributed by atoms with Gasteiger partial charge in [0.25, 0.3) is 0 Å². The van der Waals surface area contributed by atoms with Crippen molar-refractivity contribution >= 4 is 17.9 Å². The van der Waals surface area contributed by atoms with Gasteiger partial charge < -0.3 is 29.5 Å². The molecular weight excluding hydrogens is 396 g/mol. The van der Waals surface area contributed by atoms with Crippen LogP contribution in [-0.2, 0) is 33.5 Å². The molecule has 0 saturated carbocycles. The quantitative estimate of drug-likeness (QED) is 0.288. The molecule has 30 heavy (non-hydrogen) atoms. The number of hydrogen-bond acceptors (Lipinski definition) is 6. The Labute approximate surface area is 173 Å². The summed E-state index contributed by atoms with van der Waals surface area (Å²) in [6, 6.07) is 0. The van der Waals surface area contributed by atoms with E-state index in [0.717, 1.165) is 12.5 Å². The lowest BCUT2D eigenvalue weighted by atomic mass is 9.83. The molecule has 1 rings (SSSR count). The van der Waals surface area contributed by atoms with Crippen molar-refractivity contribution in [2.45, 2.75) is 19.3 Å². The Bertz CT molecular complexity index is 840. The van der Waals surface area contributed by atoms with E-state index in [4.69, 9.17) is 14.2 Å². The molecule has 0 aliphatic carbocycles. The Morgan fingerprint density at radius 1 is 0.600 bits per heavy atom. The molecule has 0 amide bonds. The summed E-state index contributed by atoms with van der Waals surface area (Å²) in [4.78, 5) is 36.2. The molecule has 0 radical (unpaired) electrons. The van der Waals surface area contributed by atoms with Gasteiger partial charge >= 0.3 is 17.9 Å². The van der Waals surface area contributed by atoms with Crippen molar-refractivity contribution in [2.75, 3.05) is 19.8 Å². The molecular formula is C21H24O9. The van der Waals surface area contributed by atoms with Crippen molar-refractivity contribution in [3.8, 4) is 0 Å². The Kier molecular flexibility index (Phi) is 9.67. The van der Waals surface area contributed by atoms with Crippen LogP contribution >= 0.6 is 0 Å². The van der Waals surface area contributed by atoms with Crippen molar-refractivity contribution in [2.24, 2.45) is 0 Å². The molecule has 0 aliphatic rings. The van der Waals surface area contributed by atoms with Crippen LogP contribution in [0.1, 0.15) is 47.8 Å². The first-order chi connectivity index (χ1) is 14.3. The molecule has 9 heteroatoms. The van der Waals surface area contributed by atoms with Crippen molar-refractivity contribution < 1.29 is 43.9 Å². The highest BCUT2D eigenvalue weighted by Crippen LogP contribution is 2.31. The van der Waals surface area contributed by atoms with E-state index in [-0.39, 0.29) is 61.3 Å². The Morgan fingerprint density at radius 2 is 0.900 bits per heavy atom. The van der Waals surface area contributed by atoms with Gasteiger partial charge in [-0.15, -0.1) is 0 Å². The van der Waals surface area contributed by atoms with Crippen molar-refractivity contribution in [3.63, 3.8) is 0 Å². The van der Waals surface area contributed by atoms with E-state index in [1.165, 1.54) is 6.26 Å². The minimum Gasteiger partial charge on any atom is -0.501 e. The molecule has 1 aromatic carbocycles. The zero-order valence-electron chi connectivity index (χ0n) is 16.4. The van der Waals surface area contributed by atoms with Crippen LogP contribution in [-0.4, -0.2) is 53.0 Å². The maximum Gasteiger partial charge on any atom is 0.336 e. The average Bonchev–Trinajstić information content (AvgIpc) is 2.68. The Morgan fingerprint density at radius 3 is 1.23 bits per heavy atom. The second-order valence-corrected chi connectivity index (χ2v) is 5.84. The molecule has 1 aromatic rings. The van der Waals surface area contributed by atoms with Gasteiger partial charge in [0, 0.05) is 19.3 Å². The first-order valence-electron chi connectivity index (χ1n) is 8.89. The number of carbonyl (C=O) groups is 3. The van der Waals surface area contributed by atoms with Crippen LogP contribution in [0.15, 0.2) is 38.5 Å². The normalized spacial score (nSPS) is 10.0. The number of aromatic carboxylic acids is 3. The summed E-state index contributed by atoms with van der Waals surface area (Å²) in [5.74, 6) is -4.43. The molecule has 0 heterocycles. The highest BCUT2D eigenvalue weighted by atomic mass is 16.5. The topological polar surface area (TPSA) is 140 Å². The van der Waals surface area contributed by atoms with Gasteiger partial charge in [0.05, 0.1) is 55.3 Å². The van der Waals surface area contributed by atoms with Gasteiger partial charge in [-0.05, 0) is 16.7 Å². The molecule has 0 spiro atoms. The molecule has 0 fully saturated rings. The number of benzene rings is 1. The van der Waals surface area contributed by atoms with E-state index in [2.05, 4.69) is 19.7 Å². The van der Waals surface area contributed by atoms with Gasteiger partial charge in [-0.1, -0.05) is 19.7 Å². The van der Waals surface area contributed by atoms with Gasteiger partial charge in [-0.2, -0.15) is 0 Å². The fourth-order valence-corrected chi connectivity index (χ4v) is 3.18. The second kappa shape index (κ2) is 11.9. The minimum atomic E-state index is -1.55. The van der Waals surface area contributed by atoms with Crippen LogP contribution in [0.4, 0.5) is 0 Å². The molecule has 162 valence electrons. The fourth-order valence-electron chi connectivity index (χ4n) is 3.18. The number of ether oxygens (including phenoxy) is 3. The summed E-state index contributed by atoms with van der Waals surface area (Å²) in [5.41, 5.74) is -1.28. The van der Waals surface area contributed by atoms with Crippen LogP contribution in [0.3, 0.4) is 0 Å². The van der Waals surface area contributed by atoms with Crippen LogP contribution in [0.5, 0.6) is 0 Å². The Balaban J connectivity index is 3.92. The highest BCUT2D eigenvalue weighted by Gasteiger charge is 2.32. The predicted molar refractivity (Wildman–Crippen MR) is 107 cm³/mol. The first kappa shape index (κ1) is 24.3. The van der Waals surface area contributed by atoms with Crippen LogP contribution < -0.4 is 0 Å². The van der Waals surface area contributed by atoms with Crippen LogP contribution in [0.2, 0.25) is 0 Å². The standard InChI is InChI=1S/C21H24O9/c1-4-28-10-7-13-14(8-11-29-5-2)17(20(24)25)18(21(26)27)15(9-12-30-6-3)16(13)19(22)23/h4-6H,1-3,7-12H2,(H,22,23)(H,24,25)(H,26,27). The molecule has 0 bridgehead atoms. The smallest absolute Gasteiger partial charge is 0.336 e. The van der Waals surface area contributed by atoms with E-state index in [0.29, 0.717) is 0 Å². The maximum absolute atomic E-state index is 12.1. The molecule has 3 N–H and O–H groups in total. The SMILES string of the molecule is C=COCCc1c(CCOC=C)c(C(=O)O)c(C(=O)O)c(CCOC=C)c1C(=O)O. The van der Waals surface area contributed by atoms with Crippen molar-refractivity contribution in [1.82, 2.24) is 0 Å². The van der Waals surface area contributed by atoms with Gasteiger partial charge in [0.15, 0.2) is 0 Å². The minimum absolute atomic E-state index is 0.0177. The maximum atomic E-state index is 12.1. The summed E-state index contributed by atoms with van der Waals surface area (Å²) >= 11 is 0. The average molecular weight is 420 g/mol. The van der Waals surface area contributed by atoms with Gasteiger partial charge in [0.2, 0.25) is 0 Å². The van der Waals surface area contributed by atoms with E-state index < -0.39 is 29.0 Å². The third-order valence-corrected chi connectivity index (χ3v) is 4.23. The third-order valence-electron chi connectivity index (χ3n) is 4.23. The number of carboxylic acids is 3. The third kappa shape index (κ3) is 5.87. The van der Waals surface area contributed by atoms with Gasteiger partial charge in [-0.25, -0.2) is 14.4 Å². The highest BCUT2D eigenvalue weighted by molar-refractivity contribution is 6.07. The molecule has 9 nitrogen and oxygen atoms in total. The van der Waals surface area contributed by atoms with Crippen LogP contribution in [0.25, 0.3) is 0 Å². The predicted octanol–water partition coefficient (Wildman–Crippen LogP) is 2.89. The lowest BCUT2D eigenvalue weighted by Gasteiger charge is -2.22. The first-order valence-corrected chi connectivity index (χ1v) is 8.89. The van der Waals surface area contributed by atoms with Crippen LogP contribution in [0, 0.1) is 0 Å². The Hall–Kier alpha value is -3.75.